The van der Waals surface area contributed by atoms with Gasteiger partial charge in [-0.2, -0.15) is 0 Å². The minimum absolute atomic E-state index is 0.167. The quantitative estimate of drug-likeness (QED) is 0.439. The van der Waals surface area contributed by atoms with Crippen molar-refractivity contribution in [3.63, 3.8) is 0 Å². The molecular weight excluding hydrogens is 444 g/mol. The van der Waals surface area contributed by atoms with Gasteiger partial charge in [-0.1, -0.05) is 22.9 Å². The van der Waals surface area contributed by atoms with E-state index >= 15 is 0 Å². The maximum Gasteiger partial charge on any atom is 0.312 e. The van der Waals surface area contributed by atoms with Gasteiger partial charge in [0.05, 0.1) is 37.2 Å². The number of hydrogen-bond donors (Lipinski definition) is 2. The summed E-state index contributed by atoms with van der Waals surface area (Å²) in [5.74, 6) is -2.69. The predicted molar refractivity (Wildman–Crippen MR) is 108 cm³/mol. The third-order valence-corrected chi connectivity index (χ3v) is 6.95. The second-order valence-corrected chi connectivity index (χ2v) is 10.3. The van der Waals surface area contributed by atoms with Crippen molar-refractivity contribution >= 4 is 33.7 Å². The van der Waals surface area contributed by atoms with Crippen LogP contribution in [-0.2, 0) is 23.9 Å². The number of alkyl halides is 1. The summed E-state index contributed by atoms with van der Waals surface area (Å²) in [5.41, 5.74) is -1.63. The van der Waals surface area contributed by atoms with Gasteiger partial charge in [-0.25, -0.2) is 0 Å². The Bertz CT molecular complexity index is 691. The van der Waals surface area contributed by atoms with Crippen molar-refractivity contribution in [2.75, 3.05) is 13.2 Å². The van der Waals surface area contributed by atoms with E-state index in [4.69, 9.17) is 9.47 Å². The first-order chi connectivity index (χ1) is 13.5. The van der Waals surface area contributed by atoms with E-state index in [1.807, 2.05) is 27.7 Å². The molecule has 0 aromatic carbocycles. The van der Waals surface area contributed by atoms with Crippen molar-refractivity contribution < 1.29 is 29.0 Å². The van der Waals surface area contributed by atoms with Gasteiger partial charge >= 0.3 is 5.97 Å². The predicted octanol–water partition coefficient (Wildman–Crippen LogP) is 0.983. The van der Waals surface area contributed by atoms with E-state index in [1.165, 1.54) is 4.90 Å². The summed E-state index contributed by atoms with van der Waals surface area (Å²) in [4.78, 5) is 41.0. The van der Waals surface area contributed by atoms with Crippen molar-refractivity contribution in [2.24, 2.45) is 11.8 Å². The zero-order valence-electron chi connectivity index (χ0n) is 17.6. The number of ether oxygens (including phenoxy) is 2. The Labute approximate surface area is 179 Å². The fraction of sp³-hybridized carbons (Fsp3) is 0.850. The number of aliphatic hydroxyl groups excluding tert-OH is 1. The molecule has 3 fully saturated rings. The topological polar surface area (TPSA) is 105 Å². The van der Waals surface area contributed by atoms with Gasteiger partial charge in [0.15, 0.2) is 0 Å². The third-order valence-electron chi connectivity index (χ3n) is 6.11. The summed E-state index contributed by atoms with van der Waals surface area (Å²) < 4.78 is 11.6. The molecule has 2 N–H and O–H groups in total. The molecule has 3 rings (SSSR count). The number of carbonyl (C=O) groups excluding carboxylic acids is 3. The molecule has 0 aromatic heterocycles. The van der Waals surface area contributed by atoms with Crippen LogP contribution >= 0.6 is 15.9 Å². The Morgan fingerprint density at radius 3 is 2.59 bits per heavy atom. The first kappa shape index (κ1) is 22.5. The lowest BCUT2D eigenvalue weighted by atomic mass is 9.70. The number of aliphatic hydroxyl groups is 1. The van der Waals surface area contributed by atoms with Gasteiger partial charge < -0.3 is 24.8 Å². The van der Waals surface area contributed by atoms with E-state index in [0.717, 1.165) is 0 Å². The highest BCUT2D eigenvalue weighted by molar-refractivity contribution is 9.09. The van der Waals surface area contributed by atoms with Crippen molar-refractivity contribution in [3.05, 3.63) is 0 Å². The standard InChI is InChI=1S/C20H31BrN2O6/c1-6-10(9-24)23-15(16(25)22-19(3,4)5)20-8-11(21)14(29-20)12(13(20)17(23)26)18(27)28-7-2/h10-15,24H,6-9H2,1-5H3,(H,22,25)/t10-,11?,12-,13-,14-,15?,20?/m0/s1. The second kappa shape index (κ2) is 7.81. The highest BCUT2D eigenvalue weighted by Crippen LogP contribution is 2.60. The molecule has 2 amide bonds. The molecule has 8 nitrogen and oxygen atoms in total. The van der Waals surface area contributed by atoms with Gasteiger partial charge in [-0.3, -0.25) is 14.4 Å². The summed E-state index contributed by atoms with van der Waals surface area (Å²) in [6.07, 6.45) is 0.393. The molecule has 7 atom stereocenters. The van der Waals surface area contributed by atoms with Crippen molar-refractivity contribution in [1.82, 2.24) is 10.2 Å². The SMILES string of the molecule is CCOC(=O)[C@H]1[C@H]2C(=O)N([C@@H](CC)CO)C(C(=O)NC(C)(C)C)C23CC(Br)[C@@H]1O3. The van der Waals surface area contributed by atoms with Crippen LogP contribution in [-0.4, -0.2) is 75.2 Å². The van der Waals surface area contributed by atoms with E-state index in [0.29, 0.717) is 12.8 Å². The molecule has 0 saturated carbocycles. The zero-order valence-corrected chi connectivity index (χ0v) is 19.2. The maximum absolute atomic E-state index is 13.6. The number of rotatable bonds is 6. The highest BCUT2D eigenvalue weighted by Gasteiger charge is 2.77. The zero-order chi connectivity index (χ0) is 21.7. The minimum Gasteiger partial charge on any atom is -0.466 e. The van der Waals surface area contributed by atoms with Crippen LogP contribution in [0.15, 0.2) is 0 Å². The van der Waals surface area contributed by atoms with Gasteiger partial charge in [-0.05, 0) is 40.5 Å². The third kappa shape index (κ3) is 3.49. The van der Waals surface area contributed by atoms with Crippen LogP contribution < -0.4 is 5.32 Å². The second-order valence-electron chi connectivity index (χ2n) is 9.14. The van der Waals surface area contributed by atoms with Crippen LogP contribution in [0.4, 0.5) is 0 Å². The van der Waals surface area contributed by atoms with Crippen molar-refractivity contribution in [2.45, 2.75) is 81.6 Å². The summed E-state index contributed by atoms with van der Waals surface area (Å²) in [7, 11) is 0. The van der Waals surface area contributed by atoms with Crippen molar-refractivity contribution in [3.8, 4) is 0 Å². The highest BCUT2D eigenvalue weighted by atomic mass is 79.9. The molecule has 0 aliphatic carbocycles. The summed E-state index contributed by atoms with van der Waals surface area (Å²) >= 11 is 3.59. The average Bonchev–Trinajstić information content (AvgIpc) is 3.19. The van der Waals surface area contributed by atoms with Gasteiger partial charge in [-0.15, -0.1) is 0 Å². The van der Waals surface area contributed by atoms with E-state index < -0.39 is 47.1 Å². The number of nitrogens with one attached hydrogen (secondary N) is 1. The molecule has 0 aromatic rings. The first-order valence-electron chi connectivity index (χ1n) is 10.3. The number of fused-ring (bicyclic) bond motifs is 1. The Kier molecular flexibility index (Phi) is 6.06. The molecule has 2 bridgehead atoms. The molecule has 9 heteroatoms. The van der Waals surface area contributed by atoms with Gasteiger partial charge in [0.2, 0.25) is 11.8 Å². The molecule has 3 aliphatic heterocycles. The molecule has 3 aliphatic rings. The van der Waals surface area contributed by atoms with E-state index in [-0.39, 0.29) is 29.9 Å². The van der Waals surface area contributed by atoms with E-state index in [1.54, 1.807) is 6.92 Å². The fourth-order valence-electron chi connectivity index (χ4n) is 5.12. The van der Waals surface area contributed by atoms with Crippen LogP contribution in [0.3, 0.4) is 0 Å². The molecular formula is C20H31BrN2O6. The lowest BCUT2D eigenvalue weighted by Gasteiger charge is -2.38. The van der Waals surface area contributed by atoms with E-state index in [9.17, 15) is 19.5 Å². The average molecular weight is 475 g/mol. The van der Waals surface area contributed by atoms with Gasteiger partial charge in [0.25, 0.3) is 0 Å². The number of amides is 2. The maximum atomic E-state index is 13.6. The summed E-state index contributed by atoms with van der Waals surface area (Å²) in [5, 5.41) is 12.9. The molecule has 3 saturated heterocycles. The number of halogens is 1. The molecule has 164 valence electrons. The van der Waals surface area contributed by atoms with Gasteiger partial charge in [0.1, 0.15) is 11.6 Å². The fourth-order valence-corrected chi connectivity index (χ4v) is 6.06. The number of hydrogen-bond acceptors (Lipinski definition) is 6. The number of carbonyl (C=O) groups is 3. The van der Waals surface area contributed by atoms with Crippen LogP contribution in [0.25, 0.3) is 0 Å². The van der Waals surface area contributed by atoms with Crippen LogP contribution in [0.5, 0.6) is 0 Å². The lowest BCUT2D eigenvalue weighted by Crippen LogP contribution is -2.60. The number of likely N-dealkylation sites (tertiary alicyclic amines) is 1. The van der Waals surface area contributed by atoms with E-state index in [2.05, 4.69) is 21.2 Å². The minimum atomic E-state index is -1.12. The molecule has 29 heavy (non-hydrogen) atoms. The number of nitrogens with zero attached hydrogens (tertiary/aromatic N) is 1. The largest absolute Gasteiger partial charge is 0.466 e. The Morgan fingerprint density at radius 2 is 2.07 bits per heavy atom. The van der Waals surface area contributed by atoms with Gasteiger partial charge in [0, 0.05) is 10.4 Å². The molecule has 1 spiro atoms. The normalized spacial score (nSPS) is 36.9. The smallest absolute Gasteiger partial charge is 0.312 e. The Morgan fingerprint density at radius 1 is 1.41 bits per heavy atom. The van der Waals surface area contributed by atoms with Crippen LogP contribution in [0.2, 0.25) is 0 Å². The molecule has 3 unspecified atom stereocenters. The van der Waals surface area contributed by atoms with Crippen LogP contribution in [0, 0.1) is 11.8 Å². The summed E-state index contributed by atoms with van der Waals surface area (Å²) in [6, 6.07) is -1.45. The number of esters is 1. The van der Waals surface area contributed by atoms with Crippen LogP contribution in [0.1, 0.15) is 47.5 Å². The first-order valence-corrected chi connectivity index (χ1v) is 11.2. The molecule has 3 heterocycles. The summed E-state index contributed by atoms with van der Waals surface area (Å²) in [6.45, 7) is 9.11. The van der Waals surface area contributed by atoms with Crippen molar-refractivity contribution in [1.29, 1.82) is 0 Å². The lowest BCUT2D eigenvalue weighted by molar-refractivity contribution is -0.155. The molecule has 0 radical (unpaired) electrons. The Balaban J connectivity index is 2.08. The monoisotopic (exact) mass is 474 g/mol. The Hall–Kier alpha value is -1.19.